The van der Waals surface area contributed by atoms with Gasteiger partial charge in [0.15, 0.2) is 0 Å². The summed E-state index contributed by atoms with van der Waals surface area (Å²) >= 11 is 0. The lowest BCUT2D eigenvalue weighted by atomic mass is 10.1. The minimum atomic E-state index is -0.158. The first-order valence-corrected chi connectivity index (χ1v) is 2.78. The van der Waals surface area contributed by atoms with E-state index >= 15 is 0 Å². The van der Waals surface area contributed by atoms with E-state index in [1.54, 1.807) is 7.11 Å². The Morgan fingerprint density at radius 3 is 2.12 bits per heavy atom. The summed E-state index contributed by atoms with van der Waals surface area (Å²) in [5.41, 5.74) is -0.158. The smallest absolute Gasteiger partial charge is 0.0644 e. The Morgan fingerprint density at radius 1 is 1.50 bits per heavy atom. The molecule has 0 rings (SSSR count). The maximum absolute atomic E-state index is 8.45. The van der Waals surface area contributed by atoms with Crippen molar-refractivity contribution in [1.82, 2.24) is 0 Å². The molecule has 2 heteroatoms. The molecule has 8 heavy (non-hydrogen) atoms. The van der Waals surface area contributed by atoms with Gasteiger partial charge in [0.2, 0.25) is 0 Å². The molecule has 0 fully saturated rings. The number of aliphatic hydroxyl groups excluding tert-OH is 1. The molecule has 2 nitrogen and oxygen atoms in total. The van der Waals surface area contributed by atoms with Gasteiger partial charge in [-0.25, -0.2) is 0 Å². The van der Waals surface area contributed by atoms with Gasteiger partial charge in [0.1, 0.15) is 0 Å². The number of ether oxygens (including phenoxy) is 1. The summed E-state index contributed by atoms with van der Waals surface area (Å²) in [5.74, 6) is 0. The van der Waals surface area contributed by atoms with Crippen molar-refractivity contribution in [3.8, 4) is 0 Å². The molecule has 0 spiro atoms. The Kier molecular flexibility index (Phi) is 3.02. The van der Waals surface area contributed by atoms with E-state index in [0.717, 1.165) is 0 Å². The van der Waals surface area contributed by atoms with Crippen LogP contribution in [0.1, 0.15) is 20.3 Å². The number of hydrogen-bond donors (Lipinski definition) is 1. The number of hydrogen-bond acceptors (Lipinski definition) is 2. The van der Waals surface area contributed by atoms with Crippen molar-refractivity contribution in [2.24, 2.45) is 0 Å². The van der Waals surface area contributed by atoms with Crippen molar-refractivity contribution >= 4 is 0 Å². The summed E-state index contributed by atoms with van der Waals surface area (Å²) in [4.78, 5) is 0. The van der Waals surface area contributed by atoms with Crippen LogP contribution < -0.4 is 0 Å². The third kappa shape index (κ3) is 2.99. The molecule has 0 aliphatic heterocycles. The third-order valence-electron chi connectivity index (χ3n) is 1.27. The Bertz CT molecular complexity index is 59.5. The van der Waals surface area contributed by atoms with Crippen LogP contribution in [-0.4, -0.2) is 24.4 Å². The molecular formula is C6H14O2. The lowest BCUT2D eigenvalue weighted by Gasteiger charge is -2.20. The molecule has 0 aliphatic rings. The topological polar surface area (TPSA) is 29.5 Å². The Morgan fingerprint density at radius 2 is 2.00 bits per heavy atom. The average Bonchev–Trinajstić information content (AvgIpc) is 1.67. The van der Waals surface area contributed by atoms with Gasteiger partial charge in [0, 0.05) is 13.7 Å². The van der Waals surface area contributed by atoms with Gasteiger partial charge in [-0.2, -0.15) is 0 Å². The molecule has 0 aliphatic carbocycles. The Balaban J connectivity index is 3.37. The molecule has 0 atom stereocenters. The molecule has 0 bridgehead atoms. The zero-order chi connectivity index (χ0) is 6.62. The molecule has 1 N–H and O–H groups in total. The van der Waals surface area contributed by atoms with E-state index in [0.29, 0.717) is 6.42 Å². The van der Waals surface area contributed by atoms with Gasteiger partial charge in [-0.3, -0.25) is 0 Å². The predicted molar refractivity (Wildman–Crippen MR) is 32.8 cm³/mol. The maximum atomic E-state index is 8.45. The highest BCUT2D eigenvalue weighted by molar-refractivity contribution is 4.65. The molecule has 0 heterocycles. The summed E-state index contributed by atoms with van der Waals surface area (Å²) in [7, 11) is 1.65. The second kappa shape index (κ2) is 3.05. The van der Waals surface area contributed by atoms with Crippen LogP contribution in [-0.2, 0) is 4.74 Å². The van der Waals surface area contributed by atoms with Crippen molar-refractivity contribution in [2.45, 2.75) is 25.9 Å². The predicted octanol–water partition coefficient (Wildman–Crippen LogP) is 0.794. The largest absolute Gasteiger partial charge is 0.396 e. The zero-order valence-electron chi connectivity index (χ0n) is 5.77. The molecule has 0 aromatic carbocycles. The molecular weight excluding hydrogens is 104 g/mol. The Labute approximate surface area is 50.5 Å². The summed E-state index contributed by atoms with van der Waals surface area (Å²) in [6.45, 7) is 4.09. The summed E-state index contributed by atoms with van der Waals surface area (Å²) in [5, 5.41) is 8.45. The van der Waals surface area contributed by atoms with Crippen molar-refractivity contribution in [3.63, 3.8) is 0 Å². The minimum absolute atomic E-state index is 0.158. The van der Waals surface area contributed by atoms with Crippen LogP contribution in [0.5, 0.6) is 0 Å². The lowest BCUT2D eigenvalue weighted by molar-refractivity contribution is 0.00293. The third-order valence-corrected chi connectivity index (χ3v) is 1.27. The van der Waals surface area contributed by atoms with E-state index in [1.165, 1.54) is 0 Å². The van der Waals surface area contributed by atoms with Crippen LogP contribution in [0.4, 0.5) is 0 Å². The summed E-state index contributed by atoms with van der Waals surface area (Å²) in [6, 6.07) is 0. The first-order valence-electron chi connectivity index (χ1n) is 2.78. The van der Waals surface area contributed by atoms with Gasteiger partial charge < -0.3 is 9.84 Å². The van der Waals surface area contributed by atoms with Crippen LogP contribution in [0.15, 0.2) is 0 Å². The number of methoxy groups -OCH3 is 1. The Hall–Kier alpha value is -0.0800. The fourth-order valence-corrected chi connectivity index (χ4v) is 0.371. The van der Waals surface area contributed by atoms with Gasteiger partial charge in [-0.15, -0.1) is 0 Å². The minimum Gasteiger partial charge on any atom is -0.396 e. The van der Waals surface area contributed by atoms with Crippen LogP contribution in [0.3, 0.4) is 0 Å². The zero-order valence-corrected chi connectivity index (χ0v) is 5.77. The monoisotopic (exact) mass is 118 g/mol. The molecule has 0 aromatic heterocycles. The van der Waals surface area contributed by atoms with Gasteiger partial charge in [-0.05, 0) is 20.3 Å². The van der Waals surface area contributed by atoms with Gasteiger partial charge >= 0.3 is 0 Å². The molecule has 0 unspecified atom stereocenters. The number of aliphatic hydroxyl groups is 1. The van der Waals surface area contributed by atoms with E-state index in [9.17, 15) is 0 Å². The molecule has 0 radical (unpaired) electrons. The highest BCUT2D eigenvalue weighted by Gasteiger charge is 2.13. The van der Waals surface area contributed by atoms with Crippen LogP contribution in [0.25, 0.3) is 0 Å². The van der Waals surface area contributed by atoms with Crippen molar-refractivity contribution < 1.29 is 9.84 Å². The van der Waals surface area contributed by atoms with E-state index < -0.39 is 0 Å². The van der Waals surface area contributed by atoms with Gasteiger partial charge in [0.25, 0.3) is 0 Å². The first-order chi connectivity index (χ1) is 3.62. The standard InChI is InChI=1S/C6H14O2/c1-6(2,8-3)4-5-7/h7H,4-5H2,1-3H3. The van der Waals surface area contributed by atoms with Crippen LogP contribution >= 0.6 is 0 Å². The van der Waals surface area contributed by atoms with Crippen molar-refractivity contribution in [1.29, 1.82) is 0 Å². The quantitative estimate of drug-likeness (QED) is 0.593. The number of rotatable bonds is 3. The summed E-state index contributed by atoms with van der Waals surface area (Å²) < 4.78 is 5.02. The second-order valence-corrected chi connectivity index (χ2v) is 2.44. The fraction of sp³-hybridized carbons (Fsp3) is 1.00. The maximum Gasteiger partial charge on any atom is 0.0644 e. The van der Waals surface area contributed by atoms with Crippen LogP contribution in [0.2, 0.25) is 0 Å². The lowest BCUT2D eigenvalue weighted by Crippen LogP contribution is -2.23. The van der Waals surface area contributed by atoms with Crippen molar-refractivity contribution in [3.05, 3.63) is 0 Å². The van der Waals surface area contributed by atoms with E-state index in [1.807, 2.05) is 13.8 Å². The molecule has 0 amide bonds. The average molecular weight is 118 g/mol. The van der Waals surface area contributed by atoms with Crippen molar-refractivity contribution in [2.75, 3.05) is 13.7 Å². The van der Waals surface area contributed by atoms with E-state index in [-0.39, 0.29) is 12.2 Å². The highest BCUT2D eigenvalue weighted by atomic mass is 16.5. The summed E-state index contributed by atoms with van der Waals surface area (Å²) in [6.07, 6.45) is 0.698. The second-order valence-electron chi connectivity index (χ2n) is 2.44. The normalized spacial score (nSPS) is 12.0. The highest BCUT2D eigenvalue weighted by Crippen LogP contribution is 2.10. The first kappa shape index (κ1) is 7.92. The molecule has 0 saturated carbocycles. The molecule has 50 valence electrons. The van der Waals surface area contributed by atoms with Crippen LogP contribution in [0, 0.1) is 0 Å². The van der Waals surface area contributed by atoms with E-state index in [2.05, 4.69) is 0 Å². The van der Waals surface area contributed by atoms with Gasteiger partial charge in [0.05, 0.1) is 5.60 Å². The SMILES string of the molecule is COC(C)(C)CCO. The van der Waals surface area contributed by atoms with Gasteiger partial charge in [-0.1, -0.05) is 0 Å². The van der Waals surface area contributed by atoms with E-state index in [4.69, 9.17) is 9.84 Å². The molecule has 0 saturated heterocycles. The molecule has 0 aromatic rings. The fourth-order valence-electron chi connectivity index (χ4n) is 0.371.